The highest BCUT2D eigenvalue weighted by Gasteiger charge is 2.27. The maximum atomic E-state index is 11.7. The lowest BCUT2D eigenvalue weighted by atomic mass is 10.6. The van der Waals surface area contributed by atoms with E-state index in [1.165, 1.54) is 6.20 Å². The summed E-state index contributed by atoms with van der Waals surface area (Å²) in [6.07, 6.45) is -3.16. The molecule has 0 unspecified atom stereocenters. The topological polar surface area (TPSA) is 71.5 Å². The number of carbonyl (C=O) groups is 1. The number of nitrogens with zero attached hydrogens (tertiary/aromatic N) is 1. The highest BCUT2D eigenvalue weighted by Crippen LogP contribution is 2.17. The first-order valence-electron chi connectivity index (χ1n) is 4.46. The van der Waals surface area contributed by atoms with Crippen LogP contribution in [-0.2, 0) is 4.74 Å². The number of nitrogens with one attached hydrogen (secondary N) is 1. The number of anilines is 1. The van der Waals surface area contributed by atoms with E-state index in [9.17, 15) is 18.0 Å². The van der Waals surface area contributed by atoms with Crippen LogP contribution >= 0.6 is 11.3 Å². The van der Waals surface area contributed by atoms with E-state index in [0.29, 0.717) is 5.13 Å². The monoisotopic (exact) mass is 270 g/mol. The molecule has 0 aliphatic rings. The van der Waals surface area contributed by atoms with Crippen molar-refractivity contribution >= 4 is 22.4 Å². The zero-order valence-electron chi connectivity index (χ0n) is 8.45. The Bertz CT molecular complexity index is 380. The van der Waals surface area contributed by atoms with Crippen LogP contribution in [0, 0.1) is 0 Å². The summed E-state index contributed by atoms with van der Waals surface area (Å²) in [6, 6.07) is 0. The molecule has 0 spiro atoms. The number of alkyl halides is 3. The van der Waals surface area contributed by atoms with Crippen LogP contribution in [0.4, 0.5) is 18.3 Å². The summed E-state index contributed by atoms with van der Waals surface area (Å²) in [5, 5.41) is 11.6. The van der Waals surface area contributed by atoms with Crippen molar-refractivity contribution in [3.05, 3.63) is 11.1 Å². The Labute approximate surface area is 98.2 Å². The smallest absolute Gasteiger partial charge is 0.411 e. The normalized spacial score (nSPS) is 11.5. The Morgan fingerprint density at radius 2 is 2.29 bits per heavy atom. The molecule has 0 fully saturated rings. The van der Waals surface area contributed by atoms with E-state index < -0.39 is 18.8 Å². The average Bonchev–Trinajstić information content (AvgIpc) is 2.64. The van der Waals surface area contributed by atoms with Crippen molar-refractivity contribution in [3.8, 4) is 0 Å². The molecular formula is C8H9F3N2O3S. The number of carboxylic acid groups (broad SMARTS) is 1. The standard InChI is InChI=1S/C8H9F3N2O3S/c9-8(10,11)4-16-2-1-12-7-13-3-5(17-7)6(14)15/h3H,1-2,4H2,(H,12,13)(H,14,15). The third-order valence-electron chi connectivity index (χ3n) is 1.50. The van der Waals surface area contributed by atoms with E-state index in [4.69, 9.17) is 5.11 Å². The van der Waals surface area contributed by atoms with Crippen LogP contribution < -0.4 is 5.32 Å². The van der Waals surface area contributed by atoms with E-state index in [-0.39, 0.29) is 18.0 Å². The Morgan fingerprint density at radius 1 is 1.59 bits per heavy atom. The van der Waals surface area contributed by atoms with Gasteiger partial charge in [-0.2, -0.15) is 13.2 Å². The van der Waals surface area contributed by atoms with Gasteiger partial charge in [0.25, 0.3) is 0 Å². The molecule has 0 saturated heterocycles. The van der Waals surface area contributed by atoms with E-state index in [2.05, 4.69) is 15.0 Å². The number of thiazole rings is 1. The number of hydrogen-bond donors (Lipinski definition) is 2. The van der Waals surface area contributed by atoms with Crippen molar-refractivity contribution in [3.63, 3.8) is 0 Å². The molecule has 0 bridgehead atoms. The maximum Gasteiger partial charge on any atom is 0.411 e. The lowest BCUT2D eigenvalue weighted by molar-refractivity contribution is -0.172. The third kappa shape index (κ3) is 5.50. The van der Waals surface area contributed by atoms with Crippen LogP contribution in [-0.4, -0.2) is 42.0 Å². The lowest BCUT2D eigenvalue weighted by Gasteiger charge is -2.07. The first-order chi connectivity index (χ1) is 7.88. The van der Waals surface area contributed by atoms with Gasteiger partial charge in [-0.1, -0.05) is 11.3 Å². The second-order valence-corrected chi connectivity index (χ2v) is 3.96. The van der Waals surface area contributed by atoms with Crippen LogP contribution in [0.5, 0.6) is 0 Å². The molecule has 0 aliphatic heterocycles. The molecule has 9 heteroatoms. The van der Waals surface area contributed by atoms with Gasteiger partial charge in [0.2, 0.25) is 0 Å². The van der Waals surface area contributed by atoms with E-state index in [1.807, 2.05) is 0 Å². The number of carboxylic acids is 1. The predicted molar refractivity (Wildman–Crippen MR) is 54.4 cm³/mol. The van der Waals surface area contributed by atoms with Crippen LogP contribution in [0.3, 0.4) is 0 Å². The molecule has 0 atom stereocenters. The van der Waals surface area contributed by atoms with Gasteiger partial charge in [0.15, 0.2) is 5.13 Å². The average molecular weight is 270 g/mol. The fourth-order valence-corrected chi connectivity index (χ4v) is 1.55. The van der Waals surface area contributed by atoms with Crippen molar-refractivity contribution in [1.82, 2.24) is 4.98 Å². The van der Waals surface area contributed by atoms with Gasteiger partial charge in [-0.25, -0.2) is 9.78 Å². The molecule has 0 saturated carbocycles. The molecule has 0 radical (unpaired) electrons. The van der Waals surface area contributed by atoms with Crippen molar-refractivity contribution in [2.45, 2.75) is 6.18 Å². The number of ether oxygens (including phenoxy) is 1. The maximum absolute atomic E-state index is 11.7. The third-order valence-corrected chi connectivity index (χ3v) is 2.45. The summed E-state index contributed by atoms with van der Waals surface area (Å²) >= 11 is 0.905. The van der Waals surface area contributed by atoms with Crippen LogP contribution in [0.25, 0.3) is 0 Å². The zero-order valence-corrected chi connectivity index (χ0v) is 9.27. The summed E-state index contributed by atoms with van der Waals surface area (Å²) in [6.45, 7) is -1.31. The molecule has 17 heavy (non-hydrogen) atoms. The van der Waals surface area contributed by atoms with Crippen molar-refractivity contribution < 1.29 is 27.8 Å². The number of halogens is 3. The quantitative estimate of drug-likeness (QED) is 0.772. The molecule has 96 valence electrons. The van der Waals surface area contributed by atoms with Crippen LogP contribution in [0.2, 0.25) is 0 Å². The highest BCUT2D eigenvalue weighted by atomic mass is 32.1. The number of rotatable bonds is 6. The fourth-order valence-electron chi connectivity index (χ4n) is 0.873. The molecule has 0 amide bonds. The Hall–Kier alpha value is -1.35. The van der Waals surface area contributed by atoms with E-state index in [0.717, 1.165) is 11.3 Å². The molecule has 1 aromatic rings. The second-order valence-electron chi connectivity index (χ2n) is 2.93. The first kappa shape index (κ1) is 13.7. The second kappa shape index (κ2) is 5.82. The van der Waals surface area contributed by atoms with Crippen molar-refractivity contribution in [2.24, 2.45) is 0 Å². The SMILES string of the molecule is O=C(O)c1cnc(NCCOCC(F)(F)F)s1. The summed E-state index contributed by atoms with van der Waals surface area (Å²) in [7, 11) is 0. The van der Waals surface area contributed by atoms with Gasteiger partial charge >= 0.3 is 12.1 Å². The molecule has 0 aromatic carbocycles. The Morgan fingerprint density at radius 3 is 2.82 bits per heavy atom. The van der Waals surface area contributed by atoms with Crippen LogP contribution in [0.1, 0.15) is 9.67 Å². The number of hydrogen-bond acceptors (Lipinski definition) is 5. The van der Waals surface area contributed by atoms with E-state index >= 15 is 0 Å². The van der Waals surface area contributed by atoms with Gasteiger partial charge in [-0.15, -0.1) is 0 Å². The number of aromatic nitrogens is 1. The summed E-state index contributed by atoms with van der Waals surface area (Å²) < 4.78 is 39.4. The summed E-state index contributed by atoms with van der Waals surface area (Å²) in [5.41, 5.74) is 0. The summed E-state index contributed by atoms with van der Waals surface area (Å²) in [4.78, 5) is 14.3. The van der Waals surface area contributed by atoms with Gasteiger partial charge in [-0.3, -0.25) is 0 Å². The van der Waals surface area contributed by atoms with Gasteiger partial charge in [0.1, 0.15) is 11.5 Å². The first-order valence-corrected chi connectivity index (χ1v) is 5.27. The molecule has 5 nitrogen and oxygen atoms in total. The minimum Gasteiger partial charge on any atom is -0.477 e. The molecule has 1 aromatic heterocycles. The molecule has 1 heterocycles. The fraction of sp³-hybridized carbons (Fsp3) is 0.500. The van der Waals surface area contributed by atoms with Gasteiger partial charge < -0.3 is 15.2 Å². The minimum atomic E-state index is -4.34. The summed E-state index contributed by atoms with van der Waals surface area (Å²) in [5.74, 6) is -1.09. The van der Waals surface area contributed by atoms with Gasteiger partial charge in [0.05, 0.1) is 12.8 Å². The molecule has 0 aliphatic carbocycles. The highest BCUT2D eigenvalue weighted by molar-refractivity contribution is 7.17. The zero-order chi connectivity index (χ0) is 12.9. The molecular weight excluding hydrogens is 261 g/mol. The Balaban J connectivity index is 2.20. The van der Waals surface area contributed by atoms with Gasteiger partial charge in [-0.05, 0) is 0 Å². The number of aromatic carboxylic acids is 1. The van der Waals surface area contributed by atoms with E-state index in [1.54, 1.807) is 0 Å². The Kier molecular flexibility index (Phi) is 4.70. The lowest BCUT2D eigenvalue weighted by Crippen LogP contribution is -2.20. The minimum absolute atomic E-state index is 0.0590. The predicted octanol–water partition coefficient (Wildman–Crippen LogP) is 1.83. The van der Waals surface area contributed by atoms with Gasteiger partial charge in [0, 0.05) is 6.54 Å². The van der Waals surface area contributed by atoms with Crippen LogP contribution in [0.15, 0.2) is 6.20 Å². The molecule has 2 N–H and O–H groups in total. The molecule has 1 rings (SSSR count). The van der Waals surface area contributed by atoms with Crippen molar-refractivity contribution in [1.29, 1.82) is 0 Å². The van der Waals surface area contributed by atoms with Crippen molar-refractivity contribution in [2.75, 3.05) is 25.1 Å². The largest absolute Gasteiger partial charge is 0.477 e.